The Hall–Kier alpha value is -1.06. The Morgan fingerprint density at radius 1 is 1.27 bits per heavy atom. The average Bonchev–Trinajstić information content (AvgIpc) is 2.89. The third-order valence-electron chi connectivity index (χ3n) is 4.24. The standard InChI is InChI=1S/C11H16N2O2/c14-10-5-12-11(15)13(10)6-9-4-7-1-2-8(9)3-7/h7-9H,1-6H2,(H,12,15). The maximum atomic E-state index is 11.4. The van der Waals surface area contributed by atoms with Crippen molar-refractivity contribution in [1.29, 1.82) is 0 Å². The van der Waals surface area contributed by atoms with E-state index in [4.69, 9.17) is 0 Å². The predicted octanol–water partition coefficient (Wildman–Crippen LogP) is 0.974. The van der Waals surface area contributed by atoms with Gasteiger partial charge < -0.3 is 5.32 Å². The molecule has 3 unspecified atom stereocenters. The van der Waals surface area contributed by atoms with Crippen LogP contribution in [-0.2, 0) is 4.79 Å². The van der Waals surface area contributed by atoms with E-state index in [-0.39, 0.29) is 18.5 Å². The summed E-state index contributed by atoms with van der Waals surface area (Å²) in [6.07, 6.45) is 5.22. The molecule has 1 saturated heterocycles. The van der Waals surface area contributed by atoms with Crippen LogP contribution in [0.4, 0.5) is 4.79 Å². The predicted molar refractivity (Wildman–Crippen MR) is 54.0 cm³/mol. The number of urea groups is 1. The molecule has 4 nitrogen and oxygen atoms in total. The highest BCUT2D eigenvalue weighted by molar-refractivity contribution is 6.01. The first-order valence-electron chi connectivity index (χ1n) is 5.82. The normalized spacial score (nSPS) is 38.9. The monoisotopic (exact) mass is 208 g/mol. The summed E-state index contributed by atoms with van der Waals surface area (Å²) >= 11 is 0. The van der Waals surface area contributed by atoms with Crippen LogP contribution in [0, 0.1) is 17.8 Å². The lowest BCUT2D eigenvalue weighted by molar-refractivity contribution is -0.125. The van der Waals surface area contributed by atoms with E-state index >= 15 is 0 Å². The Kier molecular flexibility index (Phi) is 1.97. The molecule has 1 N–H and O–H groups in total. The fraction of sp³-hybridized carbons (Fsp3) is 0.818. The molecule has 4 heteroatoms. The summed E-state index contributed by atoms with van der Waals surface area (Å²) in [4.78, 5) is 24.2. The van der Waals surface area contributed by atoms with Crippen molar-refractivity contribution in [2.75, 3.05) is 13.1 Å². The lowest BCUT2D eigenvalue weighted by Gasteiger charge is -2.25. The van der Waals surface area contributed by atoms with Crippen molar-refractivity contribution in [1.82, 2.24) is 10.2 Å². The number of carbonyl (C=O) groups excluding carboxylic acids is 2. The SMILES string of the molecule is O=C1CNC(=O)N1CC1CC2CCC1C2. The first kappa shape index (κ1) is 9.19. The van der Waals surface area contributed by atoms with E-state index in [1.54, 1.807) is 0 Å². The highest BCUT2D eigenvalue weighted by Crippen LogP contribution is 2.48. The molecule has 3 rings (SSSR count). The zero-order chi connectivity index (χ0) is 10.4. The number of carbonyl (C=O) groups is 2. The van der Waals surface area contributed by atoms with Crippen molar-refractivity contribution in [3.05, 3.63) is 0 Å². The molecule has 3 aliphatic rings. The maximum Gasteiger partial charge on any atom is 0.324 e. The van der Waals surface area contributed by atoms with E-state index in [2.05, 4.69) is 5.32 Å². The van der Waals surface area contributed by atoms with E-state index < -0.39 is 0 Å². The van der Waals surface area contributed by atoms with Gasteiger partial charge in [0.25, 0.3) is 0 Å². The van der Waals surface area contributed by atoms with Crippen molar-refractivity contribution < 1.29 is 9.59 Å². The highest BCUT2D eigenvalue weighted by atomic mass is 16.2. The molecule has 1 aliphatic heterocycles. The van der Waals surface area contributed by atoms with Gasteiger partial charge in [-0.2, -0.15) is 0 Å². The fourth-order valence-corrected chi connectivity index (χ4v) is 3.47. The van der Waals surface area contributed by atoms with Gasteiger partial charge in [-0.15, -0.1) is 0 Å². The topological polar surface area (TPSA) is 49.4 Å². The number of hydrogen-bond acceptors (Lipinski definition) is 2. The smallest absolute Gasteiger partial charge is 0.324 e. The summed E-state index contributed by atoms with van der Waals surface area (Å²) in [5.74, 6) is 2.18. The van der Waals surface area contributed by atoms with Crippen LogP contribution < -0.4 is 5.32 Å². The minimum absolute atomic E-state index is 0.0530. The second-order valence-electron chi connectivity index (χ2n) is 5.10. The quantitative estimate of drug-likeness (QED) is 0.687. The molecule has 2 bridgehead atoms. The maximum absolute atomic E-state index is 11.4. The molecule has 3 atom stereocenters. The molecule has 2 aliphatic carbocycles. The first-order valence-corrected chi connectivity index (χ1v) is 5.82. The Morgan fingerprint density at radius 2 is 2.13 bits per heavy atom. The van der Waals surface area contributed by atoms with E-state index in [9.17, 15) is 9.59 Å². The van der Waals surface area contributed by atoms with Gasteiger partial charge in [-0.05, 0) is 37.0 Å². The van der Waals surface area contributed by atoms with E-state index in [1.807, 2.05) is 0 Å². The van der Waals surface area contributed by atoms with Crippen molar-refractivity contribution in [2.45, 2.75) is 25.7 Å². The van der Waals surface area contributed by atoms with E-state index in [1.165, 1.54) is 30.6 Å². The molecule has 0 aromatic rings. The molecule has 0 spiro atoms. The number of fused-ring (bicyclic) bond motifs is 2. The van der Waals surface area contributed by atoms with Crippen LogP contribution in [0.3, 0.4) is 0 Å². The molecule has 15 heavy (non-hydrogen) atoms. The number of imide groups is 1. The van der Waals surface area contributed by atoms with Crippen molar-refractivity contribution in [2.24, 2.45) is 17.8 Å². The first-order chi connectivity index (χ1) is 7.24. The van der Waals surface area contributed by atoms with Crippen molar-refractivity contribution >= 4 is 11.9 Å². The molecule has 0 aromatic heterocycles. The van der Waals surface area contributed by atoms with Gasteiger partial charge in [-0.3, -0.25) is 9.69 Å². The van der Waals surface area contributed by atoms with Crippen LogP contribution in [0.2, 0.25) is 0 Å². The Bertz CT molecular complexity index is 300. The Balaban J connectivity index is 1.65. The zero-order valence-electron chi connectivity index (χ0n) is 8.74. The molecular formula is C11H16N2O2. The van der Waals surface area contributed by atoms with Gasteiger partial charge in [0.2, 0.25) is 5.91 Å². The van der Waals surface area contributed by atoms with Crippen molar-refractivity contribution in [3.63, 3.8) is 0 Å². The van der Waals surface area contributed by atoms with Gasteiger partial charge >= 0.3 is 6.03 Å². The van der Waals surface area contributed by atoms with Gasteiger partial charge in [-0.25, -0.2) is 4.79 Å². The van der Waals surface area contributed by atoms with Crippen LogP contribution in [0.15, 0.2) is 0 Å². The second kappa shape index (κ2) is 3.22. The van der Waals surface area contributed by atoms with Crippen molar-refractivity contribution in [3.8, 4) is 0 Å². The lowest BCUT2D eigenvalue weighted by Crippen LogP contribution is -2.37. The average molecular weight is 208 g/mol. The molecule has 0 aromatic carbocycles. The lowest BCUT2D eigenvalue weighted by atomic mass is 9.88. The van der Waals surface area contributed by atoms with Gasteiger partial charge in [0.1, 0.15) is 0 Å². The molecular weight excluding hydrogens is 192 g/mol. The zero-order valence-corrected chi connectivity index (χ0v) is 8.74. The third-order valence-corrected chi connectivity index (χ3v) is 4.24. The summed E-state index contributed by atoms with van der Waals surface area (Å²) in [5.41, 5.74) is 0. The molecule has 3 amide bonds. The van der Waals surface area contributed by atoms with Gasteiger partial charge in [0.15, 0.2) is 0 Å². The van der Waals surface area contributed by atoms with E-state index in [0.29, 0.717) is 12.5 Å². The number of amides is 3. The van der Waals surface area contributed by atoms with Crippen LogP contribution in [0.5, 0.6) is 0 Å². The molecule has 82 valence electrons. The van der Waals surface area contributed by atoms with Crippen LogP contribution >= 0.6 is 0 Å². The number of hydrogen-bond donors (Lipinski definition) is 1. The largest absolute Gasteiger partial charge is 0.329 e. The number of rotatable bonds is 2. The Labute approximate surface area is 89.0 Å². The summed E-state index contributed by atoms with van der Waals surface area (Å²) < 4.78 is 0. The van der Waals surface area contributed by atoms with Crippen LogP contribution in [-0.4, -0.2) is 29.9 Å². The molecule has 3 fully saturated rings. The summed E-state index contributed by atoms with van der Waals surface area (Å²) in [6, 6.07) is -0.192. The Morgan fingerprint density at radius 3 is 2.67 bits per heavy atom. The van der Waals surface area contributed by atoms with Gasteiger partial charge in [0, 0.05) is 6.54 Å². The minimum Gasteiger partial charge on any atom is -0.329 e. The summed E-state index contributed by atoms with van der Waals surface area (Å²) in [6.45, 7) is 0.853. The second-order valence-corrected chi connectivity index (χ2v) is 5.10. The van der Waals surface area contributed by atoms with Crippen LogP contribution in [0.25, 0.3) is 0 Å². The van der Waals surface area contributed by atoms with Crippen LogP contribution in [0.1, 0.15) is 25.7 Å². The fourth-order valence-electron chi connectivity index (χ4n) is 3.47. The highest BCUT2D eigenvalue weighted by Gasteiger charge is 2.42. The number of nitrogens with one attached hydrogen (secondary N) is 1. The minimum atomic E-state index is -0.192. The number of nitrogens with zero attached hydrogens (tertiary/aromatic N) is 1. The molecule has 0 radical (unpaired) electrons. The van der Waals surface area contributed by atoms with Gasteiger partial charge in [0.05, 0.1) is 6.54 Å². The molecule has 1 heterocycles. The molecule has 2 saturated carbocycles. The van der Waals surface area contributed by atoms with E-state index in [0.717, 1.165) is 11.8 Å². The summed E-state index contributed by atoms with van der Waals surface area (Å²) in [5, 5.41) is 2.57. The third kappa shape index (κ3) is 1.43. The van der Waals surface area contributed by atoms with Gasteiger partial charge in [-0.1, -0.05) is 6.42 Å². The summed E-state index contributed by atoms with van der Waals surface area (Å²) in [7, 11) is 0.